The van der Waals surface area contributed by atoms with Crippen LogP contribution in [0.1, 0.15) is 30.9 Å². The number of anilines is 2. The van der Waals surface area contributed by atoms with E-state index in [0.717, 1.165) is 61.0 Å². The summed E-state index contributed by atoms with van der Waals surface area (Å²) in [5, 5.41) is 9.92. The predicted octanol–water partition coefficient (Wildman–Crippen LogP) is 3.82. The zero-order chi connectivity index (χ0) is 20.0. The number of aliphatic hydroxyl groups excluding tert-OH is 1. The molecule has 2 fully saturated rings. The van der Waals surface area contributed by atoms with Gasteiger partial charge in [0.1, 0.15) is 23.0 Å². The van der Waals surface area contributed by atoms with E-state index in [9.17, 15) is 13.9 Å². The van der Waals surface area contributed by atoms with Crippen LogP contribution < -0.4 is 9.80 Å². The Bertz CT molecular complexity index is 1060. The van der Waals surface area contributed by atoms with Crippen molar-refractivity contribution in [3.63, 3.8) is 0 Å². The van der Waals surface area contributed by atoms with E-state index in [4.69, 9.17) is 4.98 Å². The number of hydrogen-bond acceptors (Lipinski definition) is 5. The van der Waals surface area contributed by atoms with Crippen molar-refractivity contribution in [2.24, 2.45) is 0 Å². The van der Waals surface area contributed by atoms with E-state index >= 15 is 0 Å². The molecule has 2 aromatic heterocycles. The molecule has 29 heavy (non-hydrogen) atoms. The predicted molar refractivity (Wildman–Crippen MR) is 108 cm³/mol. The first-order valence-electron chi connectivity index (χ1n) is 10.0. The first-order chi connectivity index (χ1) is 14.1. The summed E-state index contributed by atoms with van der Waals surface area (Å²) >= 11 is 0. The molecule has 150 valence electrons. The number of aromatic nitrogens is 2. The summed E-state index contributed by atoms with van der Waals surface area (Å²) in [6.45, 7) is 2.08. The van der Waals surface area contributed by atoms with Crippen LogP contribution >= 0.6 is 0 Å². The van der Waals surface area contributed by atoms with Crippen molar-refractivity contribution in [3.8, 4) is 0 Å². The number of aliphatic hydroxyl groups is 1. The van der Waals surface area contributed by atoms with Crippen LogP contribution in [0.3, 0.4) is 0 Å². The third kappa shape index (κ3) is 3.29. The molecule has 4 heterocycles. The Morgan fingerprint density at radius 3 is 2.76 bits per heavy atom. The molecule has 2 aliphatic rings. The number of nitrogens with zero attached hydrogens (tertiary/aromatic N) is 4. The molecule has 0 aliphatic carbocycles. The SMILES string of the molecule is O[C@H]1CCN(c2ccnc3ccc(N4CCC[C@@H]4c4cc(F)ccc4F)nc23)C1. The van der Waals surface area contributed by atoms with Crippen LogP contribution in [0.5, 0.6) is 0 Å². The summed E-state index contributed by atoms with van der Waals surface area (Å²) in [7, 11) is 0. The molecule has 2 saturated heterocycles. The average molecular weight is 396 g/mol. The van der Waals surface area contributed by atoms with Crippen LogP contribution in [0.2, 0.25) is 0 Å². The lowest BCUT2D eigenvalue weighted by molar-refractivity contribution is 0.198. The van der Waals surface area contributed by atoms with Crippen molar-refractivity contribution in [1.82, 2.24) is 9.97 Å². The van der Waals surface area contributed by atoms with E-state index in [1.54, 1.807) is 6.20 Å². The lowest BCUT2D eigenvalue weighted by Gasteiger charge is -2.27. The van der Waals surface area contributed by atoms with E-state index in [1.165, 1.54) is 12.1 Å². The van der Waals surface area contributed by atoms with Crippen LogP contribution in [0, 0.1) is 11.6 Å². The fourth-order valence-electron chi connectivity index (χ4n) is 4.51. The van der Waals surface area contributed by atoms with Gasteiger partial charge in [-0.15, -0.1) is 0 Å². The number of benzene rings is 1. The van der Waals surface area contributed by atoms with Crippen molar-refractivity contribution in [3.05, 3.63) is 59.8 Å². The molecule has 0 saturated carbocycles. The highest BCUT2D eigenvalue weighted by Gasteiger charge is 2.30. The second-order valence-corrected chi connectivity index (χ2v) is 7.77. The minimum absolute atomic E-state index is 0.246. The molecule has 0 unspecified atom stereocenters. The van der Waals surface area contributed by atoms with Crippen molar-refractivity contribution in [1.29, 1.82) is 0 Å². The molecule has 0 amide bonds. The molecule has 5 rings (SSSR count). The average Bonchev–Trinajstić information content (AvgIpc) is 3.38. The Kier molecular flexibility index (Phi) is 4.54. The standard InChI is InChI=1S/C22H22F2N4O/c23-14-3-4-17(24)16(12-14)19-2-1-10-28(19)21-6-5-18-22(26-21)20(7-9-25-18)27-11-8-15(29)13-27/h3-7,9,12,15,19,29H,1-2,8,10-11,13H2/t15-,19+/m0/s1. The van der Waals surface area contributed by atoms with Gasteiger partial charge in [0.15, 0.2) is 0 Å². The number of pyridine rings is 2. The van der Waals surface area contributed by atoms with Gasteiger partial charge in [-0.05, 0) is 55.7 Å². The van der Waals surface area contributed by atoms with Crippen molar-refractivity contribution in [2.75, 3.05) is 29.4 Å². The van der Waals surface area contributed by atoms with E-state index in [0.29, 0.717) is 12.1 Å². The molecule has 3 aromatic rings. The van der Waals surface area contributed by atoms with Crippen molar-refractivity contribution < 1.29 is 13.9 Å². The fourth-order valence-corrected chi connectivity index (χ4v) is 4.51. The topological polar surface area (TPSA) is 52.5 Å². The highest BCUT2D eigenvalue weighted by atomic mass is 19.1. The van der Waals surface area contributed by atoms with Crippen LogP contribution in [0.25, 0.3) is 11.0 Å². The highest BCUT2D eigenvalue weighted by Crippen LogP contribution is 2.38. The van der Waals surface area contributed by atoms with Gasteiger partial charge in [-0.3, -0.25) is 4.98 Å². The maximum atomic E-state index is 14.4. The van der Waals surface area contributed by atoms with Crippen LogP contribution in [0.4, 0.5) is 20.3 Å². The van der Waals surface area contributed by atoms with Crippen molar-refractivity contribution >= 4 is 22.5 Å². The lowest BCUT2D eigenvalue weighted by atomic mass is 10.0. The molecule has 1 N–H and O–H groups in total. The molecule has 0 bridgehead atoms. The first-order valence-corrected chi connectivity index (χ1v) is 10.0. The number of rotatable bonds is 3. The normalized spacial score (nSPS) is 22.0. The van der Waals surface area contributed by atoms with E-state index in [1.807, 2.05) is 23.1 Å². The Morgan fingerprint density at radius 2 is 1.93 bits per heavy atom. The molecule has 2 aliphatic heterocycles. The monoisotopic (exact) mass is 396 g/mol. The van der Waals surface area contributed by atoms with Crippen LogP contribution in [0.15, 0.2) is 42.6 Å². The smallest absolute Gasteiger partial charge is 0.129 e. The number of fused-ring (bicyclic) bond motifs is 1. The van der Waals surface area contributed by atoms with Gasteiger partial charge in [0.25, 0.3) is 0 Å². The molecule has 1 aromatic carbocycles. The van der Waals surface area contributed by atoms with E-state index < -0.39 is 11.6 Å². The van der Waals surface area contributed by atoms with E-state index in [2.05, 4.69) is 9.88 Å². The Hall–Kier alpha value is -2.80. The summed E-state index contributed by atoms with van der Waals surface area (Å²) < 4.78 is 28.2. The summed E-state index contributed by atoms with van der Waals surface area (Å²) in [4.78, 5) is 13.5. The minimum atomic E-state index is -0.432. The zero-order valence-electron chi connectivity index (χ0n) is 15.9. The van der Waals surface area contributed by atoms with E-state index in [-0.39, 0.29) is 12.1 Å². The molecule has 7 heteroatoms. The summed E-state index contributed by atoms with van der Waals surface area (Å²) in [6, 6.07) is 9.12. The zero-order valence-corrected chi connectivity index (χ0v) is 15.9. The maximum absolute atomic E-state index is 14.4. The first kappa shape index (κ1) is 18.2. The quantitative estimate of drug-likeness (QED) is 0.730. The number of β-amino-alcohol motifs (C(OH)–C–C–N with tert-alkyl or cyclic N) is 1. The molecule has 0 radical (unpaired) electrons. The van der Waals surface area contributed by atoms with Gasteiger partial charge in [-0.2, -0.15) is 0 Å². The largest absolute Gasteiger partial charge is 0.391 e. The second-order valence-electron chi connectivity index (χ2n) is 7.77. The van der Waals surface area contributed by atoms with Gasteiger partial charge < -0.3 is 14.9 Å². The molecule has 2 atom stereocenters. The maximum Gasteiger partial charge on any atom is 0.129 e. The van der Waals surface area contributed by atoms with Gasteiger partial charge in [0.05, 0.1) is 23.3 Å². The highest BCUT2D eigenvalue weighted by molar-refractivity contribution is 5.89. The van der Waals surface area contributed by atoms with Gasteiger partial charge in [-0.1, -0.05) is 0 Å². The number of halogens is 2. The summed E-state index contributed by atoms with van der Waals surface area (Å²) in [5.74, 6) is -0.0889. The third-order valence-electron chi connectivity index (χ3n) is 5.92. The van der Waals surface area contributed by atoms with Gasteiger partial charge in [0.2, 0.25) is 0 Å². The third-order valence-corrected chi connectivity index (χ3v) is 5.92. The Morgan fingerprint density at radius 1 is 1.03 bits per heavy atom. The number of hydrogen-bond donors (Lipinski definition) is 1. The molecular formula is C22H22F2N4O. The molecular weight excluding hydrogens is 374 g/mol. The fraction of sp³-hybridized carbons (Fsp3) is 0.364. The van der Waals surface area contributed by atoms with Crippen molar-refractivity contribution in [2.45, 2.75) is 31.4 Å². The van der Waals surface area contributed by atoms with Crippen LogP contribution in [-0.2, 0) is 0 Å². The summed E-state index contributed by atoms with van der Waals surface area (Å²) in [6.07, 6.45) is 3.79. The minimum Gasteiger partial charge on any atom is -0.391 e. The lowest BCUT2D eigenvalue weighted by Crippen LogP contribution is -2.25. The van der Waals surface area contributed by atoms with Crippen LogP contribution in [-0.4, -0.2) is 40.8 Å². The Labute approximate surface area is 167 Å². The molecule has 5 nitrogen and oxygen atoms in total. The molecule has 0 spiro atoms. The van der Waals surface area contributed by atoms with Gasteiger partial charge in [0, 0.05) is 31.4 Å². The van der Waals surface area contributed by atoms with Gasteiger partial charge >= 0.3 is 0 Å². The Balaban J connectivity index is 1.55. The second kappa shape index (κ2) is 7.22. The summed E-state index contributed by atoms with van der Waals surface area (Å²) in [5.41, 5.74) is 2.87. The van der Waals surface area contributed by atoms with Gasteiger partial charge in [-0.25, -0.2) is 13.8 Å².